The average molecular weight is 843 g/mol. The molecule has 0 saturated heterocycles. The van der Waals surface area contributed by atoms with Crippen molar-refractivity contribution in [1.82, 2.24) is 0 Å². The van der Waals surface area contributed by atoms with E-state index in [1.165, 1.54) is 65.3 Å². The predicted octanol–water partition coefficient (Wildman–Crippen LogP) is 17.8. The maximum Gasteiger partial charge on any atom is 0.131 e. The van der Waals surface area contributed by atoms with Crippen LogP contribution in [0.3, 0.4) is 0 Å². The molecule has 12 aromatic carbocycles. The van der Waals surface area contributed by atoms with Crippen LogP contribution < -0.4 is 4.74 Å². The van der Waals surface area contributed by atoms with Crippen LogP contribution in [0, 0.1) is 0 Å². The van der Waals surface area contributed by atoms with Gasteiger partial charge in [-0.05, 0) is 177 Å². The topological polar surface area (TPSA) is 29.5 Å². The first-order chi connectivity index (χ1) is 32.6. The van der Waals surface area contributed by atoms with E-state index < -0.39 is 0 Å². The largest absolute Gasteiger partial charge is 0.508 e. The minimum absolute atomic E-state index is 0.147. The Balaban J connectivity index is 1.12. The van der Waals surface area contributed by atoms with Crippen LogP contribution in [0.1, 0.15) is 0 Å². The molecule has 0 atom stereocenters. The molecule has 0 unspecified atom stereocenters. The highest BCUT2D eigenvalue weighted by Gasteiger charge is 2.17. The summed E-state index contributed by atoms with van der Waals surface area (Å²) in [7, 11) is 0. The molecule has 310 valence electrons. The van der Waals surface area contributed by atoms with Gasteiger partial charge in [0.2, 0.25) is 0 Å². The maximum atomic E-state index is 10.5. The molecule has 12 aromatic rings. The highest BCUT2D eigenvalue weighted by molar-refractivity contribution is 6.03. The lowest BCUT2D eigenvalue weighted by molar-refractivity contribution is 0.455. The van der Waals surface area contributed by atoms with Gasteiger partial charge in [-0.2, -0.15) is 0 Å². The Morgan fingerprint density at radius 1 is 0.227 bits per heavy atom. The molecule has 2 heteroatoms. The Morgan fingerprint density at radius 2 is 0.515 bits per heavy atom. The third kappa shape index (κ3) is 7.31. The molecule has 0 aliphatic carbocycles. The number of rotatable bonds is 8. The molecule has 1 N–H and O–H groups in total. The van der Waals surface area contributed by atoms with Crippen molar-refractivity contribution in [2.75, 3.05) is 0 Å². The number of fused-ring (bicyclic) bond motifs is 4. The van der Waals surface area contributed by atoms with Gasteiger partial charge in [0.15, 0.2) is 0 Å². The number of ether oxygens (including phenoxy) is 1. The smallest absolute Gasteiger partial charge is 0.131 e. The van der Waals surface area contributed by atoms with Crippen LogP contribution in [0.5, 0.6) is 17.2 Å². The summed E-state index contributed by atoms with van der Waals surface area (Å²) in [6.07, 6.45) is 0. The minimum atomic E-state index is 0.147. The van der Waals surface area contributed by atoms with Crippen LogP contribution in [0.25, 0.3) is 110 Å². The molecule has 0 amide bonds. The lowest BCUT2D eigenvalue weighted by atomic mass is 9.88. The highest BCUT2D eigenvalue weighted by atomic mass is 16.5. The Morgan fingerprint density at radius 3 is 0.879 bits per heavy atom. The monoisotopic (exact) mass is 842 g/mol. The summed E-state index contributed by atoms with van der Waals surface area (Å²) >= 11 is 0. The van der Waals surface area contributed by atoms with Gasteiger partial charge < -0.3 is 9.84 Å². The lowest BCUT2D eigenvalue weighted by Gasteiger charge is -2.17. The van der Waals surface area contributed by atoms with Crippen molar-refractivity contribution in [2.45, 2.75) is 0 Å². The molecule has 0 heterocycles. The quantitative estimate of drug-likeness (QED) is 0.165. The van der Waals surface area contributed by atoms with Gasteiger partial charge in [0, 0.05) is 6.07 Å². The molecular weight excluding hydrogens is 801 g/mol. The molecule has 0 bridgehead atoms. The van der Waals surface area contributed by atoms with Crippen molar-refractivity contribution in [1.29, 1.82) is 0 Å². The first-order valence-corrected chi connectivity index (χ1v) is 22.4. The normalized spacial score (nSPS) is 11.4. The van der Waals surface area contributed by atoms with Crippen molar-refractivity contribution >= 4 is 43.1 Å². The van der Waals surface area contributed by atoms with E-state index in [-0.39, 0.29) is 5.75 Å². The number of hydrogen-bond donors (Lipinski definition) is 1. The van der Waals surface area contributed by atoms with E-state index in [0.717, 1.165) is 44.5 Å². The molecule has 66 heavy (non-hydrogen) atoms. The first-order valence-electron chi connectivity index (χ1n) is 22.4. The molecule has 12 rings (SSSR count). The summed E-state index contributed by atoms with van der Waals surface area (Å²) in [6.45, 7) is 0. The summed E-state index contributed by atoms with van der Waals surface area (Å²) in [5, 5.41) is 20.1. The second-order valence-corrected chi connectivity index (χ2v) is 17.1. The van der Waals surface area contributed by atoms with Crippen LogP contribution in [0.2, 0.25) is 0 Å². The summed E-state index contributed by atoms with van der Waals surface area (Å²) in [6, 6.07) is 88.3. The van der Waals surface area contributed by atoms with E-state index in [0.29, 0.717) is 11.5 Å². The lowest BCUT2D eigenvalue weighted by Crippen LogP contribution is -1.92. The van der Waals surface area contributed by atoms with Gasteiger partial charge in [-0.3, -0.25) is 0 Å². The number of benzene rings is 12. The fourth-order valence-electron chi connectivity index (χ4n) is 9.79. The van der Waals surface area contributed by atoms with Gasteiger partial charge in [-0.25, -0.2) is 0 Å². The van der Waals surface area contributed by atoms with Crippen LogP contribution in [-0.2, 0) is 0 Å². The minimum Gasteiger partial charge on any atom is -0.508 e. The van der Waals surface area contributed by atoms with E-state index in [4.69, 9.17) is 4.74 Å². The van der Waals surface area contributed by atoms with Crippen molar-refractivity contribution in [2.24, 2.45) is 0 Å². The van der Waals surface area contributed by atoms with Gasteiger partial charge in [0.25, 0.3) is 0 Å². The third-order valence-electron chi connectivity index (χ3n) is 12.9. The fourth-order valence-corrected chi connectivity index (χ4v) is 9.79. The molecule has 0 aromatic heterocycles. The number of phenolic OH excluding ortho intramolecular Hbond substituents is 1. The third-order valence-corrected chi connectivity index (χ3v) is 12.9. The molecule has 0 aliphatic rings. The Labute approximate surface area is 383 Å². The number of hydrogen-bond acceptors (Lipinski definition) is 2. The summed E-state index contributed by atoms with van der Waals surface area (Å²) in [4.78, 5) is 0. The van der Waals surface area contributed by atoms with E-state index >= 15 is 0 Å². The zero-order chi connectivity index (χ0) is 44.0. The van der Waals surface area contributed by atoms with Crippen molar-refractivity contribution in [3.8, 4) is 84.0 Å². The van der Waals surface area contributed by atoms with Crippen molar-refractivity contribution < 1.29 is 9.84 Å². The Bertz CT molecular complexity index is 3380. The SMILES string of the molecule is Oc1cccc(Oc2cc(-c3cc(-c4cccc5ccccc45)cc(-c4cccc5ccccc45)c3)cc(-c3cc(-c4cccc5ccccc45)cc(-c4cccc5ccccc45)c3)c2)c1. The molecule has 0 aliphatic heterocycles. The first kappa shape index (κ1) is 38.9. The Hall–Kier alpha value is -8.72. The Kier molecular flexibility index (Phi) is 9.69. The summed E-state index contributed by atoms with van der Waals surface area (Å²) in [5.41, 5.74) is 13.3. The van der Waals surface area contributed by atoms with Crippen LogP contribution in [0.4, 0.5) is 0 Å². The number of aromatic hydroxyl groups is 1. The zero-order valence-electron chi connectivity index (χ0n) is 36.0. The van der Waals surface area contributed by atoms with Crippen LogP contribution >= 0.6 is 0 Å². The average Bonchev–Trinajstić information content (AvgIpc) is 3.37. The second-order valence-electron chi connectivity index (χ2n) is 17.1. The van der Waals surface area contributed by atoms with Gasteiger partial charge >= 0.3 is 0 Å². The van der Waals surface area contributed by atoms with E-state index in [2.05, 4.69) is 224 Å². The van der Waals surface area contributed by atoms with Crippen LogP contribution in [0.15, 0.2) is 249 Å². The van der Waals surface area contributed by atoms with Gasteiger partial charge in [0.05, 0.1) is 0 Å². The van der Waals surface area contributed by atoms with Crippen LogP contribution in [-0.4, -0.2) is 5.11 Å². The van der Waals surface area contributed by atoms with E-state index in [1.54, 1.807) is 12.1 Å². The molecular formula is C64H42O2. The molecule has 0 saturated carbocycles. The van der Waals surface area contributed by atoms with Crippen molar-refractivity contribution in [3.63, 3.8) is 0 Å². The predicted molar refractivity (Wildman–Crippen MR) is 277 cm³/mol. The number of phenols is 1. The van der Waals surface area contributed by atoms with Gasteiger partial charge in [0.1, 0.15) is 17.2 Å². The molecule has 0 fully saturated rings. The fraction of sp³-hybridized carbons (Fsp3) is 0. The summed E-state index contributed by atoms with van der Waals surface area (Å²) in [5.74, 6) is 1.37. The van der Waals surface area contributed by atoms with Gasteiger partial charge in [-0.1, -0.05) is 176 Å². The van der Waals surface area contributed by atoms with Gasteiger partial charge in [-0.15, -0.1) is 0 Å². The molecule has 2 nitrogen and oxygen atoms in total. The van der Waals surface area contributed by atoms with E-state index in [9.17, 15) is 5.11 Å². The standard InChI is InChI=1S/C64H42O2/c65-54-22-13-23-55(41-54)66-56-39-48(46-33-50(61-28-9-18-42-14-1-5-24-57(42)61)37-51(34-46)62-29-10-19-43-15-2-6-25-58(43)62)32-49(40-56)47-35-52(63-30-11-20-44-16-3-7-26-59(44)63)38-53(36-47)64-31-12-21-45-17-4-8-27-60(45)64/h1-41,65H. The van der Waals surface area contributed by atoms with E-state index in [1.807, 2.05) is 12.1 Å². The summed E-state index contributed by atoms with van der Waals surface area (Å²) < 4.78 is 6.71. The molecule has 0 spiro atoms. The molecule has 0 radical (unpaired) electrons. The maximum absolute atomic E-state index is 10.5. The highest BCUT2D eigenvalue weighted by Crippen LogP contribution is 2.43. The zero-order valence-corrected chi connectivity index (χ0v) is 36.0. The second kappa shape index (κ2) is 16.4. The van der Waals surface area contributed by atoms with Crippen molar-refractivity contribution in [3.05, 3.63) is 249 Å².